The second kappa shape index (κ2) is 6.70. The average molecular weight is 280 g/mol. The van der Waals surface area contributed by atoms with E-state index in [2.05, 4.69) is 5.32 Å². The molecule has 0 aliphatic heterocycles. The van der Waals surface area contributed by atoms with Gasteiger partial charge in [-0.15, -0.1) is 0 Å². The third kappa shape index (κ3) is 3.93. The zero-order valence-corrected chi connectivity index (χ0v) is 11.7. The Balaban J connectivity index is 1.92. The van der Waals surface area contributed by atoms with Crippen molar-refractivity contribution in [3.05, 3.63) is 29.6 Å². The third-order valence-electron chi connectivity index (χ3n) is 3.55. The van der Waals surface area contributed by atoms with E-state index in [-0.39, 0.29) is 24.6 Å². The average Bonchev–Trinajstić information content (AvgIpc) is 2.89. The van der Waals surface area contributed by atoms with Gasteiger partial charge in [0.2, 0.25) is 0 Å². The number of nitrogens with two attached hydrogens (primary N) is 1. The maximum atomic E-state index is 13.2. The van der Waals surface area contributed by atoms with Crippen LogP contribution in [0.1, 0.15) is 44.2 Å². The molecule has 0 spiro atoms. The molecule has 0 heterocycles. The number of amides is 1. The van der Waals surface area contributed by atoms with Crippen LogP contribution in [-0.4, -0.2) is 18.6 Å². The lowest BCUT2D eigenvalue weighted by atomic mass is 10.1. The minimum Gasteiger partial charge on any atom is -0.483 e. The lowest BCUT2D eigenvalue weighted by molar-refractivity contribution is -0.123. The first kappa shape index (κ1) is 14.8. The number of hydrogen-bond acceptors (Lipinski definition) is 3. The number of carbonyl (C=O) groups is 1. The van der Waals surface area contributed by atoms with E-state index in [9.17, 15) is 9.18 Å². The van der Waals surface area contributed by atoms with Gasteiger partial charge >= 0.3 is 0 Å². The summed E-state index contributed by atoms with van der Waals surface area (Å²) in [5.41, 5.74) is 6.49. The summed E-state index contributed by atoms with van der Waals surface area (Å²) in [6.45, 7) is 1.68. The predicted molar refractivity (Wildman–Crippen MR) is 74.9 cm³/mol. The Morgan fingerprint density at radius 1 is 1.50 bits per heavy atom. The number of rotatable bonds is 5. The molecule has 4 nitrogen and oxygen atoms in total. The molecule has 1 unspecified atom stereocenters. The maximum Gasteiger partial charge on any atom is 0.258 e. The molecule has 1 amide bonds. The van der Waals surface area contributed by atoms with Crippen molar-refractivity contribution in [1.29, 1.82) is 0 Å². The van der Waals surface area contributed by atoms with E-state index in [0.29, 0.717) is 11.3 Å². The normalized spacial score (nSPS) is 16.9. The van der Waals surface area contributed by atoms with Gasteiger partial charge in [0.15, 0.2) is 6.61 Å². The summed E-state index contributed by atoms with van der Waals surface area (Å²) in [4.78, 5) is 11.8. The van der Waals surface area contributed by atoms with Gasteiger partial charge in [0.25, 0.3) is 5.91 Å². The molecular weight excluding hydrogens is 259 g/mol. The van der Waals surface area contributed by atoms with Crippen LogP contribution in [0.5, 0.6) is 5.75 Å². The minimum atomic E-state index is -0.402. The molecule has 0 radical (unpaired) electrons. The SMILES string of the molecule is CC(N)c1ccc(F)cc1OCC(=O)NC1CCCC1. The maximum absolute atomic E-state index is 13.2. The fraction of sp³-hybridized carbons (Fsp3) is 0.533. The van der Waals surface area contributed by atoms with Crippen LogP contribution in [0.15, 0.2) is 18.2 Å². The van der Waals surface area contributed by atoms with Gasteiger partial charge in [-0.05, 0) is 25.8 Å². The Labute approximate surface area is 118 Å². The summed E-state index contributed by atoms with van der Waals surface area (Å²) in [5.74, 6) is -0.237. The van der Waals surface area contributed by atoms with Crippen molar-refractivity contribution in [1.82, 2.24) is 5.32 Å². The summed E-state index contributed by atoms with van der Waals surface area (Å²) in [7, 11) is 0. The van der Waals surface area contributed by atoms with Crippen LogP contribution in [-0.2, 0) is 4.79 Å². The molecule has 1 aromatic rings. The van der Waals surface area contributed by atoms with Gasteiger partial charge in [-0.3, -0.25) is 4.79 Å². The number of halogens is 1. The molecule has 1 aromatic carbocycles. The predicted octanol–water partition coefficient (Wildman–Crippen LogP) is 2.28. The van der Waals surface area contributed by atoms with Crippen LogP contribution in [0, 0.1) is 5.82 Å². The van der Waals surface area contributed by atoms with Crippen LogP contribution in [0.2, 0.25) is 0 Å². The van der Waals surface area contributed by atoms with Crippen LogP contribution < -0.4 is 15.8 Å². The van der Waals surface area contributed by atoms with Crippen molar-refractivity contribution in [3.63, 3.8) is 0 Å². The van der Waals surface area contributed by atoms with Crippen molar-refractivity contribution < 1.29 is 13.9 Å². The molecule has 1 fully saturated rings. The van der Waals surface area contributed by atoms with Crippen molar-refractivity contribution in [3.8, 4) is 5.75 Å². The molecule has 1 saturated carbocycles. The smallest absolute Gasteiger partial charge is 0.258 e. The van der Waals surface area contributed by atoms with E-state index in [1.165, 1.54) is 12.1 Å². The van der Waals surface area contributed by atoms with Gasteiger partial charge in [0.1, 0.15) is 11.6 Å². The number of carbonyl (C=O) groups excluding carboxylic acids is 1. The highest BCUT2D eigenvalue weighted by Crippen LogP contribution is 2.24. The van der Waals surface area contributed by atoms with E-state index in [1.54, 1.807) is 13.0 Å². The Kier molecular flexibility index (Phi) is 4.95. The van der Waals surface area contributed by atoms with Crippen molar-refractivity contribution >= 4 is 5.91 Å². The van der Waals surface area contributed by atoms with Crippen molar-refractivity contribution in [2.24, 2.45) is 5.73 Å². The molecule has 3 N–H and O–H groups in total. The van der Waals surface area contributed by atoms with E-state index in [1.807, 2.05) is 0 Å². The van der Waals surface area contributed by atoms with Gasteiger partial charge in [-0.25, -0.2) is 4.39 Å². The molecule has 0 aromatic heterocycles. The number of hydrogen-bond donors (Lipinski definition) is 2. The molecule has 20 heavy (non-hydrogen) atoms. The molecule has 5 heteroatoms. The Morgan fingerprint density at radius 2 is 2.20 bits per heavy atom. The number of ether oxygens (including phenoxy) is 1. The topological polar surface area (TPSA) is 64.3 Å². The summed E-state index contributed by atoms with van der Waals surface area (Å²) >= 11 is 0. The fourth-order valence-electron chi connectivity index (χ4n) is 2.49. The Morgan fingerprint density at radius 3 is 2.85 bits per heavy atom. The van der Waals surface area contributed by atoms with E-state index in [0.717, 1.165) is 25.7 Å². The van der Waals surface area contributed by atoms with Crippen LogP contribution in [0.25, 0.3) is 0 Å². The highest BCUT2D eigenvalue weighted by atomic mass is 19.1. The molecule has 2 rings (SSSR count). The quantitative estimate of drug-likeness (QED) is 0.869. The standard InChI is InChI=1S/C15H21FN2O2/c1-10(17)13-7-6-11(16)8-14(13)20-9-15(19)18-12-4-2-3-5-12/h6-8,10,12H,2-5,9,17H2,1H3,(H,18,19). The zero-order chi connectivity index (χ0) is 14.5. The highest BCUT2D eigenvalue weighted by molar-refractivity contribution is 5.77. The van der Waals surface area contributed by atoms with Gasteiger partial charge in [0, 0.05) is 23.7 Å². The van der Waals surface area contributed by atoms with Crippen molar-refractivity contribution in [2.45, 2.75) is 44.7 Å². The molecule has 1 atom stereocenters. The Hall–Kier alpha value is -1.62. The Bertz CT molecular complexity index is 471. The van der Waals surface area contributed by atoms with E-state index in [4.69, 9.17) is 10.5 Å². The van der Waals surface area contributed by atoms with Crippen LogP contribution >= 0.6 is 0 Å². The van der Waals surface area contributed by atoms with Gasteiger partial charge in [-0.2, -0.15) is 0 Å². The first-order valence-electron chi connectivity index (χ1n) is 7.03. The molecular formula is C15H21FN2O2. The van der Waals surface area contributed by atoms with Crippen LogP contribution in [0.3, 0.4) is 0 Å². The molecule has 1 aliphatic rings. The molecule has 110 valence electrons. The second-order valence-corrected chi connectivity index (χ2v) is 5.31. The monoisotopic (exact) mass is 280 g/mol. The summed E-state index contributed by atoms with van der Waals surface area (Å²) < 4.78 is 18.7. The van der Waals surface area contributed by atoms with E-state index < -0.39 is 5.82 Å². The lowest BCUT2D eigenvalue weighted by Gasteiger charge is -2.15. The van der Waals surface area contributed by atoms with Crippen LogP contribution in [0.4, 0.5) is 4.39 Å². The van der Waals surface area contributed by atoms with Crippen molar-refractivity contribution in [2.75, 3.05) is 6.61 Å². The summed E-state index contributed by atoms with van der Waals surface area (Å²) in [6.07, 6.45) is 4.36. The summed E-state index contributed by atoms with van der Waals surface area (Å²) in [6, 6.07) is 4.17. The number of benzene rings is 1. The molecule has 0 saturated heterocycles. The molecule has 0 bridgehead atoms. The van der Waals surface area contributed by atoms with Gasteiger partial charge in [0.05, 0.1) is 0 Å². The zero-order valence-electron chi connectivity index (χ0n) is 11.7. The largest absolute Gasteiger partial charge is 0.483 e. The first-order valence-corrected chi connectivity index (χ1v) is 7.03. The summed E-state index contributed by atoms with van der Waals surface area (Å²) in [5, 5.41) is 2.92. The van der Waals surface area contributed by atoms with Gasteiger partial charge in [-0.1, -0.05) is 18.9 Å². The third-order valence-corrected chi connectivity index (χ3v) is 3.55. The molecule has 1 aliphatic carbocycles. The second-order valence-electron chi connectivity index (χ2n) is 5.31. The highest BCUT2D eigenvalue weighted by Gasteiger charge is 2.18. The van der Waals surface area contributed by atoms with Gasteiger partial charge < -0.3 is 15.8 Å². The number of nitrogens with one attached hydrogen (secondary N) is 1. The fourth-order valence-corrected chi connectivity index (χ4v) is 2.49. The first-order chi connectivity index (χ1) is 9.56. The minimum absolute atomic E-state index is 0.111. The van der Waals surface area contributed by atoms with E-state index >= 15 is 0 Å². The lowest BCUT2D eigenvalue weighted by Crippen LogP contribution is -2.36.